The maximum absolute atomic E-state index is 13.6. The van der Waals surface area contributed by atoms with Crippen LogP contribution in [0.1, 0.15) is 66.2 Å². The Bertz CT molecular complexity index is 1080. The van der Waals surface area contributed by atoms with E-state index >= 15 is 0 Å². The normalized spacial score (nSPS) is 14.2. The first-order chi connectivity index (χ1) is 20.5. The molecule has 1 aliphatic rings. The van der Waals surface area contributed by atoms with Crippen molar-refractivity contribution in [2.45, 2.75) is 77.9 Å². The zero-order valence-corrected chi connectivity index (χ0v) is 26.5. The number of carbonyl (C=O) groups is 3. The molecule has 1 aromatic rings. The molecule has 2 heterocycles. The van der Waals surface area contributed by atoms with Gasteiger partial charge in [0.15, 0.2) is 0 Å². The lowest BCUT2D eigenvalue weighted by Gasteiger charge is -2.31. The SMILES string of the molecule is C#CCCCC(=O)OCC(C)(COC(=O)CCCC#C)C(=O)O[C@@H](CNC(C)(C)C)COc1nsnc1N1CCOCC1. The van der Waals surface area contributed by atoms with Gasteiger partial charge in [-0.1, -0.05) is 0 Å². The summed E-state index contributed by atoms with van der Waals surface area (Å²) in [6.45, 7) is 9.48. The van der Waals surface area contributed by atoms with Crippen LogP contribution in [0.25, 0.3) is 0 Å². The van der Waals surface area contributed by atoms with Crippen LogP contribution in [0.15, 0.2) is 0 Å². The molecule has 0 bridgehead atoms. The second kappa shape index (κ2) is 18.3. The topological polar surface area (TPSA) is 138 Å². The summed E-state index contributed by atoms with van der Waals surface area (Å²) in [6.07, 6.45) is 11.7. The van der Waals surface area contributed by atoms with Gasteiger partial charge >= 0.3 is 17.9 Å². The summed E-state index contributed by atoms with van der Waals surface area (Å²) in [7, 11) is 0. The highest BCUT2D eigenvalue weighted by Crippen LogP contribution is 2.27. The van der Waals surface area contributed by atoms with E-state index in [1.165, 1.54) is 6.92 Å². The molecule has 1 N–H and O–H groups in total. The van der Waals surface area contributed by atoms with Gasteiger partial charge in [-0.05, 0) is 40.5 Å². The first-order valence-corrected chi connectivity index (χ1v) is 15.1. The van der Waals surface area contributed by atoms with Gasteiger partial charge in [0, 0.05) is 50.9 Å². The van der Waals surface area contributed by atoms with E-state index in [-0.39, 0.29) is 44.7 Å². The van der Waals surface area contributed by atoms with Crippen molar-refractivity contribution in [3.8, 4) is 30.6 Å². The average molecular weight is 621 g/mol. The third-order valence-electron chi connectivity index (χ3n) is 6.29. The summed E-state index contributed by atoms with van der Waals surface area (Å²) in [5.74, 6) is 4.14. The fraction of sp³-hybridized carbons (Fsp3) is 0.700. The lowest BCUT2D eigenvalue weighted by Crippen LogP contribution is -2.47. The maximum Gasteiger partial charge on any atom is 0.319 e. The summed E-state index contributed by atoms with van der Waals surface area (Å²) in [5, 5.41) is 3.32. The Morgan fingerprint density at radius 1 is 1.00 bits per heavy atom. The number of esters is 3. The fourth-order valence-electron chi connectivity index (χ4n) is 3.71. The molecule has 2 rings (SSSR count). The van der Waals surface area contributed by atoms with E-state index < -0.39 is 29.4 Å². The summed E-state index contributed by atoms with van der Waals surface area (Å²) >= 11 is 1.03. The number of terminal acetylenes is 2. The van der Waals surface area contributed by atoms with Crippen LogP contribution in [0.2, 0.25) is 0 Å². The molecule has 1 fully saturated rings. The molecule has 0 amide bonds. The second-order valence-electron chi connectivity index (χ2n) is 11.5. The number of unbranched alkanes of at least 4 members (excludes halogenated alkanes) is 2. The van der Waals surface area contributed by atoms with Crippen LogP contribution in [0.3, 0.4) is 0 Å². The van der Waals surface area contributed by atoms with Crippen molar-refractivity contribution < 1.29 is 38.1 Å². The zero-order chi connectivity index (χ0) is 31.7. The van der Waals surface area contributed by atoms with Gasteiger partial charge in [0.1, 0.15) is 31.3 Å². The quantitative estimate of drug-likeness (QED) is 0.112. The number of nitrogens with one attached hydrogen (secondary N) is 1. The monoisotopic (exact) mass is 620 g/mol. The molecule has 0 radical (unpaired) electrons. The van der Waals surface area contributed by atoms with Gasteiger partial charge in [-0.3, -0.25) is 14.4 Å². The Balaban J connectivity index is 2.14. The van der Waals surface area contributed by atoms with E-state index in [0.29, 0.717) is 63.7 Å². The van der Waals surface area contributed by atoms with Gasteiger partial charge in [0.2, 0.25) is 5.82 Å². The van der Waals surface area contributed by atoms with Crippen LogP contribution in [0.4, 0.5) is 5.82 Å². The van der Waals surface area contributed by atoms with E-state index in [9.17, 15) is 14.4 Å². The van der Waals surface area contributed by atoms with Crippen LogP contribution < -0.4 is 15.0 Å². The number of anilines is 1. The van der Waals surface area contributed by atoms with E-state index in [4.69, 9.17) is 36.5 Å². The Kier molecular flexibility index (Phi) is 15.2. The number of aromatic nitrogens is 2. The maximum atomic E-state index is 13.6. The molecule has 0 saturated carbocycles. The third-order valence-corrected chi connectivity index (χ3v) is 6.79. The number of hydrogen-bond acceptors (Lipinski definition) is 13. The van der Waals surface area contributed by atoms with Gasteiger partial charge in [0.25, 0.3) is 5.88 Å². The molecule has 43 heavy (non-hydrogen) atoms. The Morgan fingerprint density at radius 3 is 2.12 bits per heavy atom. The minimum atomic E-state index is -1.48. The molecule has 13 heteroatoms. The first kappa shape index (κ1) is 35.8. The Morgan fingerprint density at radius 2 is 1.58 bits per heavy atom. The number of hydrogen-bond donors (Lipinski definition) is 1. The van der Waals surface area contributed by atoms with Gasteiger partial charge in [0.05, 0.1) is 24.9 Å². The van der Waals surface area contributed by atoms with Crippen molar-refractivity contribution in [1.29, 1.82) is 0 Å². The van der Waals surface area contributed by atoms with E-state index in [1.54, 1.807) is 0 Å². The predicted octanol–water partition coefficient (Wildman–Crippen LogP) is 2.75. The molecule has 1 atom stereocenters. The van der Waals surface area contributed by atoms with E-state index in [2.05, 4.69) is 25.9 Å². The Hall–Kier alpha value is -3.39. The lowest BCUT2D eigenvalue weighted by atomic mass is 9.93. The molecule has 1 aliphatic heterocycles. The number of carbonyl (C=O) groups excluding carboxylic acids is 3. The number of morpholine rings is 1. The lowest BCUT2D eigenvalue weighted by molar-refractivity contribution is -0.175. The number of rotatable bonds is 18. The smallest absolute Gasteiger partial charge is 0.319 e. The second-order valence-corrected chi connectivity index (χ2v) is 12.0. The van der Waals surface area contributed by atoms with Crippen LogP contribution in [-0.4, -0.2) is 91.0 Å². The number of ether oxygens (including phenoxy) is 5. The minimum Gasteiger partial charge on any atom is -0.470 e. The highest BCUT2D eigenvalue weighted by molar-refractivity contribution is 6.99. The van der Waals surface area contributed by atoms with Crippen molar-refractivity contribution >= 4 is 35.5 Å². The van der Waals surface area contributed by atoms with Crippen molar-refractivity contribution in [2.24, 2.45) is 5.41 Å². The first-order valence-electron chi connectivity index (χ1n) is 14.4. The van der Waals surface area contributed by atoms with Crippen molar-refractivity contribution in [3.05, 3.63) is 0 Å². The Labute approximate surface area is 258 Å². The molecule has 238 valence electrons. The molecule has 12 nitrogen and oxygen atoms in total. The average Bonchev–Trinajstić information content (AvgIpc) is 3.45. The third kappa shape index (κ3) is 13.6. The minimum absolute atomic E-state index is 0.0224. The largest absolute Gasteiger partial charge is 0.470 e. The highest BCUT2D eigenvalue weighted by atomic mass is 32.1. The molecule has 0 aliphatic carbocycles. The van der Waals surface area contributed by atoms with E-state index in [1.807, 2.05) is 25.7 Å². The van der Waals surface area contributed by atoms with Crippen molar-refractivity contribution in [1.82, 2.24) is 14.1 Å². The number of nitrogens with zero attached hydrogens (tertiary/aromatic N) is 3. The molecule has 1 aromatic heterocycles. The summed E-state index contributed by atoms with van der Waals surface area (Å²) in [4.78, 5) is 40.3. The van der Waals surface area contributed by atoms with Gasteiger partial charge < -0.3 is 33.9 Å². The van der Waals surface area contributed by atoms with E-state index in [0.717, 1.165) is 11.7 Å². The van der Waals surface area contributed by atoms with Gasteiger partial charge in [-0.25, -0.2) is 0 Å². The summed E-state index contributed by atoms with van der Waals surface area (Å²) in [6, 6.07) is 0. The molecule has 0 unspecified atom stereocenters. The van der Waals surface area contributed by atoms with Crippen LogP contribution in [-0.2, 0) is 33.3 Å². The van der Waals surface area contributed by atoms with Crippen molar-refractivity contribution in [2.75, 3.05) is 57.6 Å². The summed E-state index contributed by atoms with van der Waals surface area (Å²) < 4.78 is 36.8. The molecule has 1 saturated heterocycles. The van der Waals surface area contributed by atoms with Gasteiger partial charge in [-0.2, -0.15) is 4.37 Å². The standard InChI is InChI=1S/C30H44N4O8S/c1-7-9-11-13-24(35)40-21-30(6,22-41-25(36)14-12-10-8-2)28(37)42-23(19-31-29(3,4)5)20-39-27-26(32-43-33-27)34-15-17-38-18-16-34/h1-2,23,31H,9-22H2,3-6H3/t23-/m0/s1. The summed E-state index contributed by atoms with van der Waals surface area (Å²) in [5.41, 5.74) is -1.76. The van der Waals surface area contributed by atoms with Crippen LogP contribution >= 0.6 is 11.7 Å². The van der Waals surface area contributed by atoms with Crippen LogP contribution in [0, 0.1) is 30.1 Å². The van der Waals surface area contributed by atoms with Crippen molar-refractivity contribution in [3.63, 3.8) is 0 Å². The molecular formula is C30H44N4O8S. The highest BCUT2D eigenvalue weighted by Gasteiger charge is 2.40. The van der Waals surface area contributed by atoms with Gasteiger partial charge in [-0.15, -0.1) is 29.1 Å². The zero-order valence-electron chi connectivity index (χ0n) is 25.6. The molecular weight excluding hydrogens is 576 g/mol. The predicted molar refractivity (Wildman–Crippen MR) is 161 cm³/mol. The fourth-order valence-corrected chi connectivity index (χ4v) is 4.23. The molecule has 0 aromatic carbocycles. The van der Waals surface area contributed by atoms with Crippen LogP contribution in [0.5, 0.6) is 5.88 Å². The molecule has 0 spiro atoms.